The Morgan fingerprint density at radius 3 is 2.88 bits per heavy atom. The summed E-state index contributed by atoms with van der Waals surface area (Å²) in [7, 11) is 0. The van der Waals surface area contributed by atoms with Gasteiger partial charge in [-0.05, 0) is 53.2 Å². The van der Waals surface area contributed by atoms with Crippen LogP contribution >= 0.6 is 27.7 Å². The number of carbonyl (C=O) groups excluding carboxylic acids is 1. The summed E-state index contributed by atoms with van der Waals surface area (Å²) < 4.78 is 0.902. The number of Topliss-reactive ketones (excluding diaryl/α,β-unsaturated/α-hetero) is 1. The van der Waals surface area contributed by atoms with E-state index in [1.165, 1.54) is 23.6 Å². The number of ketones is 1. The number of anilines is 1. The Labute approximate surface area is 115 Å². The number of nitrogens with zero attached hydrogens (tertiary/aromatic N) is 1. The number of benzene rings is 1. The second-order valence-electron chi connectivity index (χ2n) is 4.17. The lowest BCUT2D eigenvalue weighted by molar-refractivity contribution is 0.101. The van der Waals surface area contributed by atoms with E-state index >= 15 is 0 Å². The summed E-state index contributed by atoms with van der Waals surface area (Å²) in [5, 5.41) is 0. The Hall–Kier alpha value is -0.480. The van der Waals surface area contributed by atoms with Gasteiger partial charge in [0, 0.05) is 34.6 Å². The van der Waals surface area contributed by atoms with Crippen LogP contribution in [0.4, 0.5) is 5.69 Å². The van der Waals surface area contributed by atoms with Crippen molar-refractivity contribution in [3.8, 4) is 0 Å². The second kappa shape index (κ2) is 5.91. The Bertz CT molecular complexity index is 414. The summed E-state index contributed by atoms with van der Waals surface area (Å²) in [5.41, 5.74) is 1.97. The van der Waals surface area contributed by atoms with Gasteiger partial charge in [-0.2, -0.15) is 11.8 Å². The molecule has 1 aromatic carbocycles. The number of rotatable bonds is 2. The van der Waals surface area contributed by atoms with Gasteiger partial charge in [0.05, 0.1) is 0 Å². The predicted octanol–water partition coefficient (Wildman–Crippen LogP) is 3.60. The lowest BCUT2D eigenvalue weighted by Gasteiger charge is -2.22. The molecule has 1 aliphatic rings. The molecule has 0 amide bonds. The maximum atomic E-state index is 11.4. The van der Waals surface area contributed by atoms with Crippen LogP contribution in [0.3, 0.4) is 0 Å². The van der Waals surface area contributed by atoms with Crippen molar-refractivity contribution in [2.75, 3.05) is 29.5 Å². The summed E-state index contributed by atoms with van der Waals surface area (Å²) in [4.78, 5) is 13.8. The molecule has 1 fully saturated rings. The van der Waals surface area contributed by atoms with Crippen LogP contribution in [0.5, 0.6) is 0 Å². The molecule has 4 heteroatoms. The fourth-order valence-electron chi connectivity index (χ4n) is 1.99. The van der Waals surface area contributed by atoms with Crippen LogP contribution in [-0.4, -0.2) is 30.4 Å². The minimum absolute atomic E-state index is 0.106. The van der Waals surface area contributed by atoms with Crippen molar-refractivity contribution in [2.24, 2.45) is 0 Å². The zero-order chi connectivity index (χ0) is 12.3. The van der Waals surface area contributed by atoms with E-state index in [0.29, 0.717) is 0 Å². The van der Waals surface area contributed by atoms with Gasteiger partial charge in [0.1, 0.15) is 0 Å². The van der Waals surface area contributed by atoms with Crippen LogP contribution in [0, 0.1) is 0 Å². The minimum Gasteiger partial charge on any atom is -0.371 e. The van der Waals surface area contributed by atoms with Crippen molar-refractivity contribution in [3.63, 3.8) is 0 Å². The first-order valence-electron chi connectivity index (χ1n) is 5.81. The second-order valence-corrected chi connectivity index (χ2v) is 6.25. The highest BCUT2D eigenvalue weighted by Gasteiger charge is 2.12. The third kappa shape index (κ3) is 3.26. The van der Waals surface area contributed by atoms with Gasteiger partial charge in [0.15, 0.2) is 5.78 Å². The molecule has 1 heterocycles. The average Bonchev–Trinajstić information content (AvgIpc) is 2.56. The monoisotopic (exact) mass is 313 g/mol. The van der Waals surface area contributed by atoms with E-state index in [-0.39, 0.29) is 5.78 Å². The van der Waals surface area contributed by atoms with Crippen LogP contribution < -0.4 is 4.90 Å². The molecule has 1 aromatic rings. The zero-order valence-corrected chi connectivity index (χ0v) is 12.3. The van der Waals surface area contributed by atoms with Crippen LogP contribution in [0.25, 0.3) is 0 Å². The van der Waals surface area contributed by atoms with Gasteiger partial charge in [-0.25, -0.2) is 0 Å². The van der Waals surface area contributed by atoms with Crippen molar-refractivity contribution in [2.45, 2.75) is 13.3 Å². The molecule has 0 atom stereocenters. The molecule has 0 aliphatic carbocycles. The summed E-state index contributed by atoms with van der Waals surface area (Å²) in [5.74, 6) is 2.55. The van der Waals surface area contributed by atoms with E-state index in [1.54, 1.807) is 6.92 Å². The van der Waals surface area contributed by atoms with Gasteiger partial charge in [0.2, 0.25) is 0 Å². The first kappa shape index (κ1) is 13.0. The molecule has 0 aromatic heterocycles. The largest absolute Gasteiger partial charge is 0.371 e. The lowest BCUT2D eigenvalue weighted by atomic mass is 10.1. The summed E-state index contributed by atoms with van der Waals surface area (Å²) in [6, 6.07) is 6.03. The standard InChI is InChI=1S/C13H16BrNOS/c1-10(16)12-4-3-11(9-13(12)14)15-5-2-7-17-8-6-15/h3-4,9H,2,5-8H2,1H3. The maximum absolute atomic E-state index is 11.4. The van der Waals surface area contributed by atoms with Gasteiger partial charge in [-0.3, -0.25) is 4.79 Å². The quantitative estimate of drug-likeness (QED) is 0.778. The van der Waals surface area contributed by atoms with E-state index in [2.05, 4.69) is 33.0 Å². The first-order chi connectivity index (χ1) is 8.18. The van der Waals surface area contributed by atoms with Crippen LogP contribution in [-0.2, 0) is 0 Å². The molecule has 0 bridgehead atoms. The molecule has 0 unspecified atom stereocenters. The first-order valence-corrected chi connectivity index (χ1v) is 7.76. The SMILES string of the molecule is CC(=O)c1ccc(N2CCCSCC2)cc1Br. The molecular formula is C13H16BrNOS. The van der Waals surface area contributed by atoms with E-state index < -0.39 is 0 Å². The van der Waals surface area contributed by atoms with E-state index in [0.717, 1.165) is 23.1 Å². The molecule has 0 radical (unpaired) electrons. The van der Waals surface area contributed by atoms with E-state index in [9.17, 15) is 4.79 Å². The molecule has 0 spiro atoms. The Morgan fingerprint density at radius 2 is 2.18 bits per heavy atom. The fourth-order valence-corrected chi connectivity index (χ4v) is 3.52. The molecule has 0 N–H and O–H groups in total. The highest BCUT2D eigenvalue weighted by Crippen LogP contribution is 2.26. The van der Waals surface area contributed by atoms with Crippen LogP contribution in [0.15, 0.2) is 22.7 Å². The molecule has 92 valence electrons. The number of halogens is 1. The summed E-state index contributed by atoms with van der Waals surface area (Å²) in [6.45, 7) is 3.80. The normalized spacial score (nSPS) is 16.7. The zero-order valence-electron chi connectivity index (χ0n) is 9.91. The molecule has 0 saturated carbocycles. The van der Waals surface area contributed by atoms with Gasteiger partial charge < -0.3 is 4.90 Å². The van der Waals surface area contributed by atoms with Gasteiger partial charge in [-0.1, -0.05) is 0 Å². The third-order valence-corrected chi connectivity index (χ3v) is 4.62. The van der Waals surface area contributed by atoms with Crippen molar-refractivity contribution >= 4 is 39.2 Å². The highest BCUT2D eigenvalue weighted by atomic mass is 79.9. The fraction of sp³-hybridized carbons (Fsp3) is 0.462. The average molecular weight is 314 g/mol. The number of hydrogen-bond acceptors (Lipinski definition) is 3. The molecular weight excluding hydrogens is 298 g/mol. The Morgan fingerprint density at radius 1 is 1.35 bits per heavy atom. The lowest BCUT2D eigenvalue weighted by Crippen LogP contribution is -2.25. The van der Waals surface area contributed by atoms with Gasteiger partial charge >= 0.3 is 0 Å². The minimum atomic E-state index is 0.106. The molecule has 2 rings (SSSR count). The van der Waals surface area contributed by atoms with Crippen molar-refractivity contribution in [1.82, 2.24) is 0 Å². The summed E-state index contributed by atoms with van der Waals surface area (Å²) in [6.07, 6.45) is 1.23. The predicted molar refractivity (Wildman–Crippen MR) is 78.3 cm³/mol. The van der Waals surface area contributed by atoms with Crippen LogP contribution in [0.2, 0.25) is 0 Å². The van der Waals surface area contributed by atoms with Gasteiger partial charge in [-0.15, -0.1) is 0 Å². The van der Waals surface area contributed by atoms with Crippen molar-refractivity contribution in [1.29, 1.82) is 0 Å². The molecule has 2 nitrogen and oxygen atoms in total. The molecule has 1 aliphatic heterocycles. The maximum Gasteiger partial charge on any atom is 0.160 e. The number of carbonyl (C=O) groups is 1. The molecule has 1 saturated heterocycles. The Kier molecular flexibility index (Phi) is 4.51. The molecule has 17 heavy (non-hydrogen) atoms. The van der Waals surface area contributed by atoms with Crippen LogP contribution in [0.1, 0.15) is 23.7 Å². The smallest absolute Gasteiger partial charge is 0.160 e. The van der Waals surface area contributed by atoms with Gasteiger partial charge in [0.25, 0.3) is 0 Å². The number of thioether (sulfide) groups is 1. The number of hydrogen-bond donors (Lipinski definition) is 0. The Balaban J connectivity index is 2.21. The topological polar surface area (TPSA) is 20.3 Å². The van der Waals surface area contributed by atoms with Crippen molar-refractivity contribution < 1.29 is 4.79 Å². The van der Waals surface area contributed by atoms with Crippen molar-refractivity contribution in [3.05, 3.63) is 28.2 Å². The van der Waals surface area contributed by atoms with E-state index in [4.69, 9.17) is 0 Å². The summed E-state index contributed by atoms with van der Waals surface area (Å²) >= 11 is 5.50. The highest BCUT2D eigenvalue weighted by molar-refractivity contribution is 9.10. The van der Waals surface area contributed by atoms with E-state index in [1.807, 2.05) is 17.8 Å². The third-order valence-electron chi connectivity index (χ3n) is 2.92.